The SMILES string of the molecule is CCCCCCCCCCCCCCCCC(=O)C(O)(CO)C(O)(C(=O)CCCCCCCCCCCCCCCC)C(=O)CCC(=O)C(O)C(O)CO. The summed E-state index contributed by atoms with van der Waals surface area (Å²) in [5.74, 6) is -4.45. The summed E-state index contributed by atoms with van der Waals surface area (Å²) in [6, 6.07) is 0. The summed E-state index contributed by atoms with van der Waals surface area (Å²) in [6.07, 6.45) is 24.7. The molecule has 0 fully saturated rings. The molecule has 0 saturated carbocycles. The van der Waals surface area contributed by atoms with Crippen molar-refractivity contribution in [2.45, 2.75) is 243 Å². The number of Topliss-reactive ketones (excluding diaryl/α,β-unsaturated/α-hetero) is 4. The molecule has 54 heavy (non-hydrogen) atoms. The maximum atomic E-state index is 13.6. The average Bonchev–Trinajstić information content (AvgIpc) is 3.18. The molecule has 10 nitrogen and oxygen atoms in total. The van der Waals surface area contributed by atoms with E-state index in [4.69, 9.17) is 5.11 Å². The van der Waals surface area contributed by atoms with Crippen molar-refractivity contribution in [2.24, 2.45) is 0 Å². The lowest BCUT2D eigenvalue weighted by Crippen LogP contribution is -2.69. The molecular weight excluding hydrogens is 688 g/mol. The van der Waals surface area contributed by atoms with Crippen LogP contribution in [0, 0.1) is 0 Å². The standard InChI is InChI=1S/C44H82O10/c1-3-5-7-9-11-13-15-17-19-21-23-25-27-29-31-39(49)43(53,36-46)44(54,41(51)34-33-37(47)42(52)38(48)35-45)40(50)32-30-28-26-24-22-20-18-16-14-12-10-8-6-4-2/h38,42,45-46,48,52-54H,3-36H2,1-2H3. The van der Waals surface area contributed by atoms with Crippen LogP contribution in [0.1, 0.15) is 219 Å². The molecule has 0 spiro atoms. The van der Waals surface area contributed by atoms with E-state index < -0.39 is 72.6 Å². The lowest BCUT2D eigenvalue weighted by atomic mass is 9.71. The van der Waals surface area contributed by atoms with Crippen LogP contribution in [0.4, 0.5) is 0 Å². The smallest absolute Gasteiger partial charge is 0.219 e. The Kier molecular flexibility index (Phi) is 32.6. The molecule has 0 amide bonds. The van der Waals surface area contributed by atoms with Crippen LogP contribution in [0.25, 0.3) is 0 Å². The van der Waals surface area contributed by atoms with Crippen molar-refractivity contribution >= 4 is 23.1 Å². The minimum Gasteiger partial charge on any atom is -0.394 e. The van der Waals surface area contributed by atoms with Crippen molar-refractivity contribution in [3.8, 4) is 0 Å². The van der Waals surface area contributed by atoms with Gasteiger partial charge in [-0.1, -0.05) is 181 Å². The van der Waals surface area contributed by atoms with Crippen LogP contribution in [-0.4, -0.2) is 90.4 Å². The number of hydrogen-bond acceptors (Lipinski definition) is 10. The van der Waals surface area contributed by atoms with Gasteiger partial charge in [0.1, 0.15) is 12.2 Å². The van der Waals surface area contributed by atoms with Gasteiger partial charge in [-0.25, -0.2) is 0 Å². The van der Waals surface area contributed by atoms with E-state index in [-0.39, 0.29) is 12.8 Å². The van der Waals surface area contributed by atoms with Gasteiger partial charge in [-0.2, -0.15) is 0 Å². The van der Waals surface area contributed by atoms with E-state index in [1.54, 1.807) is 0 Å². The van der Waals surface area contributed by atoms with E-state index in [0.29, 0.717) is 25.7 Å². The second kappa shape index (κ2) is 33.6. The van der Waals surface area contributed by atoms with Gasteiger partial charge in [0.05, 0.1) is 13.2 Å². The third-order valence-corrected chi connectivity index (χ3v) is 11.1. The Labute approximate surface area is 328 Å². The highest BCUT2D eigenvalue weighted by Gasteiger charge is 2.62. The van der Waals surface area contributed by atoms with Gasteiger partial charge < -0.3 is 30.6 Å². The van der Waals surface area contributed by atoms with Crippen LogP contribution in [0.15, 0.2) is 0 Å². The molecule has 4 atom stereocenters. The van der Waals surface area contributed by atoms with Gasteiger partial charge in [0, 0.05) is 25.7 Å². The topological polar surface area (TPSA) is 190 Å². The summed E-state index contributed by atoms with van der Waals surface area (Å²) in [4.78, 5) is 52.8. The third kappa shape index (κ3) is 21.7. The molecular formula is C44H82O10. The molecule has 0 saturated heterocycles. The number of aliphatic hydroxyl groups is 6. The van der Waals surface area contributed by atoms with Crippen molar-refractivity contribution < 1.29 is 49.8 Å². The van der Waals surface area contributed by atoms with Crippen molar-refractivity contribution in [1.29, 1.82) is 0 Å². The molecule has 6 N–H and O–H groups in total. The van der Waals surface area contributed by atoms with Crippen LogP contribution in [0.2, 0.25) is 0 Å². The van der Waals surface area contributed by atoms with Crippen molar-refractivity contribution in [2.75, 3.05) is 13.2 Å². The quantitative estimate of drug-likeness (QED) is 0.0263. The van der Waals surface area contributed by atoms with E-state index in [0.717, 1.165) is 51.4 Å². The monoisotopic (exact) mass is 771 g/mol. The molecule has 0 rings (SSSR count). The Morgan fingerprint density at radius 3 is 1.04 bits per heavy atom. The number of ketones is 4. The van der Waals surface area contributed by atoms with Gasteiger partial charge in [0.25, 0.3) is 0 Å². The molecule has 0 aliphatic rings. The highest BCUT2D eigenvalue weighted by Crippen LogP contribution is 2.32. The first-order valence-corrected chi connectivity index (χ1v) is 22.1. The van der Waals surface area contributed by atoms with Gasteiger partial charge in [0.2, 0.25) is 5.60 Å². The molecule has 318 valence electrons. The zero-order valence-electron chi connectivity index (χ0n) is 34.5. The number of carbonyl (C=O) groups is 4. The average molecular weight is 771 g/mol. The van der Waals surface area contributed by atoms with Gasteiger partial charge in [0.15, 0.2) is 28.7 Å². The zero-order chi connectivity index (χ0) is 40.5. The Hall–Kier alpha value is -1.56. The summed E-state index contributed by atoms with van der Waals surface area (Å²) in [7, 11) is 0. The number of carbonyl (C=O) groups excluding carboxylic acids is 4. The Bertz CT molecular complexity index is 971. The highest BCUT2D eigenvalue weighted by molar-refractivity contribution is 6.16. The largest absolute Gasteiger partial charge is 0.394 e. The van der Waals surface area contributed by atoms with Gasteiger partial charge in [-0.15, -0.1) is 0 Å². The fourth-order valence-corrected chi connectivity index (χ4v) is 7.25. The zero-order valence-corrected chi connectivity index (χ0v) is 34.5. The first-order valence-electron chi connectivity index (χ1n) is 22.1. The summed E-state index contributed by atoms with van der Waals surface area (Å²) < 4.78 is 0. The van der Waals surface area contributed by atoms with Gasteiger partial charge in [-0.3, -0.25) is 19.2 Å². The maximum Gasteiger partial charge on any atom is 0.219 e. The maximum absolute atomic E-state index is 13.6. The van der Waals surface area contributed by atoms with E-state index in [2.05, 4.69) is 13.8 Å². The predicted molar refractivity (Wildman–Crippen MR) is 215 cm³/mol. The molecule has 0 aromatic carbocycles. The molecule has 0 heterocycles. The third-order valence-electron chi connectivity index (χ3n) is 11.1. The molecule has 0 aromatic heterocycles. The minimum absolute atomic E-state index is 0.253. The number of aliphatic hydroxyl groups excluding tert-OH is 4. The van der Waals surface area contributed by atoms with Gasteiger partial charge >= 0.3 is 0 Å². The molecule has 0 bridgehead atoms. The molecule has 0 aromatic rings. The molecule has 0 aliphatic heterocycles. The predicted octanol–water partition coefficient (Wildman–Crippen LogP) is 7.95. The van der Waals surface area contributed by atoms with Crippen molar-refractivity contribution in [1.82, 2.24) is 0 Å². The number of hydrogen-bond donors (Lipinski definition) is 6. The minimum atomic E-state index is -3.29. The van der Waals surface area contributed by atoms with E-state index >= 15 is 0 Å². The number of rotatable bonds is 41. The lowest BCUT2D eigenvalue weighted by molar-refractivity contribution is -0.194. The molecule has 4 unspecified atom stereocenters. The van der Waals surface area contributed by atoms with Gasteiger partial charge in [-0.05, 0) is 12.8 Å². The lowest BCUT2D eigenvalue weighted by Gasteiger charge is -2.39. The Morgan fingerprint density at radius 1 is 0.426 bits per heavy atom. The molecule has 0 radical (unpaired) electrons. The van der Waals surface area contributed by atoms with Crippen molar-refractivity contribution in [3.05, 3.63) is 0 Å². The first-order chi connectivity index (χ1) is 26.0. The first kappa shape index (κ1) is 52.4. The van der Waals surface area contributed by atoms with Crippen LogP contribution < -0.4 is 0 Å². The fourth-order valence-electron chi connectivity index (χ4n) is 7.25. The van der Waals surface area contributed by atoms with E-state index in [1.165, 1.54) is 103 Å². The fraction of sp³-hybridized carbons (Fsp3) is 0.909. The van der Waals surface area contributed by atoms with Crippen LogP contribution in [0.5, 0.6) is 0 Å². The number of unbranched alkanes of at least 4 members (excludes halogenated alkanes) is 26. The van der Waals surface area contributed by atoms with Crippen LogP contribution >= 0.6 is 0 Å². The van der Waals surface area contributed by atoms with E-state index in [9.17, 15) is 44.7 Å². The molecule has 0 aliphatic carbocycles. The summed E-state index contributed by atoms with van der Waals surface area (Å²) >= 11 is 0. The summed E-state index contributed by atoms with van der Waals surface area (Å²) in [5, 5.41) is 62.0. The van der Waals surface area contributed by atoms with Crippen molar-refractivity contribution in [3.63, 3.8) is 0 Å². The second-order valence-corrected chi connectivity index (χ2v) is 15.9. The second-order valence-electron chi connectivity index (χ2n) is 15.9. The molecule has 10 heteroatoms. The Morgan fingerprint density at radius 2 is 0.722 bits per heavy atom. The Balaban J connectivity index is 5.05. The summed E-state index contributed by atoms with van der Waals surface area (Å²) in [6.45, 7) is 2.17. The van der Waals surface area contributed by atoms with Crippen LogP contribution in [0.3, 0.4) is 0 Å². The normalized spacial score (nSPS) is 15.0. The van der Waals surface area contributed by atoms with E-state index in [1.807, 2.05) is 0 Å². The highest BCUT2D eigenvalue weighted by atomic mass is 16.4. The van der Waals surface area contributed by atoms with Crippen LogP contribution in [-0.2, 0) is 19.2 Å². The summed E-state index contributed by atoms with van der Waals surface area (Å²) in [5.41, 5.74) is -6.38.